The van der Waals surface area contributed by atoms with Crippen LogP contribution in [0.1, 0.15) is 18.2 Å². The lowest BCUT2D eigenvalue weighted by atomic mass is 10.0. The highest BCUT2D eigenvalue weighted by molar-refractivity contribution is 8.02. The van der Waals surface area contributed by atoms with Gasteiger partial charge in [-0.15, -0.1) is 11.8 Å². The van der Waals surface area contributed by atoms with Crippen molar-refractivity contribution in [3.63, 3.8) is 0 Å². The van der Waals surface area contributed by atoms with Crippen molar-refractivity contribution in [2.75, 3.05) is 22.1 Å². The van der Waals surface area contributed by atoms with Crippen LogP contribution in [0.5, 0.6) is 0 Å². The van der Waals surface area contributed by atoms with Crippen molar-refractivity contribution in [1.82, 2.24) is 9.36 Å². The first-order chi connectivity index (χ1) is 15.3. The Morgan fingerprint density at radius 3 is 2.50 bits per heavy atom. The maximum atomic E-state index is 14.1. The van der Waals surface area contributed by atoms with Gasteiger partial charge in [0.05, 0.1) is 22.8 Å². The van der Waals surface area contributed by atoms with Crippen LogP contribution in [0.15, 0.2) is 53.3 Å². The number of carbonyl (C=O) groups is 2. The van der Waals surface area contributed by atoms with Gasteiger partial charge in [0, 0.05) is 19.2 Å². The molecule has 5 rings (SSSR count). The van der Waals surface area contributed by atoms with E-state index in [9.17, 15) is 18.8 Å². The molecule has 1 saturated heterocycles. The van der Waals surface area contributed by atoms with E-state index in [1.807, 2.05) is 18.2 Å². The second-order valence-corrected chi connectivity index (χ2v) is 8.95. The number of likely N-dealkylation sites (N-methyl/N-ethyl adjacent to an activating group) is 1. The van der Waals surface area contributed by atoms with Crippen LogP contribution in [0.2, 0.25) is 0 Å². The summed E-state index contributed by atoms with van der Waals surface area (Å²) in [6.07, 6.45) is 0. The number of thioether (sulfide) groups is 1. The van der Waals surface area contributed by atoms with Crippen molar-refractivity contribution < 1.29 is 14.0 Å². The van der Waals surface area contributed by atoms with Gasteiger partial charge >= 0.3 is 0 Å². The molecule has 1 fully saturated rings. The van der Waals surface area contributed by atoms with Gasteiger partial charge in [-0.25, -0.2) is 9.07 Å². The molecular weight excluding hydrogens is 431 g/mol. The van der Waals surface area contributed by atoms with Gasteiger partial charge in [0.25, 0.3) is 11.5 Å². The van der Waals surface area contributed by atoms with E-state index in [-0.39, 0.29) is 23.3 Å². The zero-order valence-corrected chi connectivity index (χ0v) is 18.6. The third kappa shape index (κ3) is 2.51. The van der Waals surface area contributed by atoms with Gasteiger partial charge < -0.3 is 4.90 Å². The van der Waals surface area contributed by atoms with Gasteiger partial charge in [0.2, 0.25) is 10.8 Å². The molecule has 1 aromatic heterocycles. The predicted molar refractivity (Wildman–Crippen MR) is 122 cm³/mol. The van der Waals surface area contributed by atoms with Crippen molar-refractivity contribution in [2.45, 2.75) is 18.7 Å². The summed E-state index contributed by atoms with van der Waals surface area (Å²) in [5, 5.41) is 0. The minimum Gasteiger partial charge on any atom is -0.309 e. The normalized spacial score (nSPS) is 20.0. The van der Waals surface area contributed by atoms with Crippen LogP contribution >= 0.6 is 11.8 Å². The zero-order chi connectivity index (χ0) is 22.8. The van der Waals surface area contributed by atoms with Crippen LogP contribution in [-0.4, -0.2) is 33.5 Å². The van der Waals surface area contributed by atoms with Crippen LogP contribution in [0.4, 0.5) is 15.8 Å². The number of amides is 2. The van der Waals surface area contributed by atoms with Crippen molar-refractivity contribution >= 4 is 35.0 Å². The average Bonchev–Trinajstić information content (AvgIpc) is 3.32. The maximum absolute atomic E-state index is 14.1. The summed E-state index contributed by atoms with van der Waals surface area (Å²) in [5.41, 5.74) is 1.93. The first-order valence-corrected chi connectivity index (χ1v) is 11.2. The van der Waals surface area contributed by atoms with E-state index in [2.05, 4.69) is 0 Å². The molecule has 0 radical (unpaired) electrons. The smallest absolute Gasteiger partial charge is 0.295 e. The number of fused-ring (bicyclic) bond motifs is 2. The quantitative estimate of drug-likeness (QED) is 0.613. The van der Waals surface area contributed by atoms with Crippen molar-refractivity contribution in [1.29, 1.82) is 0 Å². The maximum Gasteiger partial charge on any atom is 0.295 e. The Bertz CT molecular complexity index is 1330. The molecule has 1 spiro atoms. The average molecular weight is 453 g/mol. The Morgan fingerprint density at radius 2 is 1.81 bits per heavy atom. The van der Waals surface area contributed by atoms with E-state index in [4.69, 9.17) is 0 Å². The molecule has 2 aliphatic heterocycles. The highest BCUT2D eigenvalue weighted by atomic mass is 32.2. The molecule has 32 heavy (non-hydrogen) atoms. The number of nitrogens with zero attached hydrogens (tertiary/aromatic N) is 4. The Balaban J connectivity index is 1.78. The molecule has 2 amide bonds. The zero-order valence-electron chi connectivity index (χ0n) is 17.8. The molecule has 0 bridgehead atoms. The fourth-order valence-corrected chi connectivity index (χ4v) is 6.00. The monoisotopic (exact) mass is 452 g/mol. The number of rotatable bonds is 3. The van der Waals surface area contributed by atoms with Crippen LogP contribution in [-0.2, 0) is 21.5 Å². The summed E-state index contributed by atoms with van der Waals surface area (Å²) in [4.78, 5) is 42.0. The number of carbonyl (C=O) groups excluding carboxylic acids is 2. The van der Waals surface area contributed by atoms with Gasteiger partial charge in [-0.1, -0.05) is 24.3 Å². The molecular formula is C23H21FN4O3S. The van der Waals surface area contributed by atoms with Crippen molar-refractivity contribution in [2.24, 2.45) is 7.05 Å². The lowest BCUT2D eigenvalue weighted by molar-refractivity contribution is -0.123. The van der Waals surface area contributed by atoms with E-state index in [0.29, 0.717) is 29.2 Å². The fourth-order valence-electron chi connectivity index (χ4n) is 4.66. The third-order valence-electron chi connectivity index (χ3n) is 6.18. The summed E-state index contributed by atoms with van der Waals surface area (Å²) in [7, 11) is 1.74. The lowest BCUT2D eigenvalue weighted by Gasteiger charge is -2.32. The molecule has 2 aromatic carbocycles. The van der Waals surface area contributed by atoms with Gasteiger partial charge in [-0.3, -0.25) is 24.0 Å². The number of hydrogen-bond donors (Lipinski definition) is 0. The van der Waals surface area contributed by atoms with Crippen LogP contribution in [0.25, 0.3) is 5.69 Å². The van der Waals surface area contributed by atoms with Crippen molar-refractivity contribution in [3.05, 3.63) is 76.0 Å². The molecule has 0 aliphatic carbocycles. The molecule has 0 N–H and O–H groups in total. The lowest BCUT2D eigenvalue weighted by Crippen LogP contribution is -2.51. The topological polar surface area (TPSA) is 67.6 Å². The molecule has 0 saturated carbocycles. The Morgan fingerprint density at radius 1 is 1.09 bits per heavy atom. The van der Waals surface area contributed by atoms with E-state index in [1.165, 1.54) is 38.4 Å². The number of hydrogen-bond acceptors (Lipinski definition) is 4. The summed E-state index contributed by atoms with van der Waals surface area (Å²) in [6, 6.07) is 13.3. The number of para-hydroxylation sites is 1. The van der Waals surface area contributed by atoms with Gasteiger partial charge in [-0.05, 0) is 38.1 Å². The van der Waals surface area contributed by atoms with Crippen LogP contribution < -0.4 is 15.4 Å². The van der Waals surface area contributed by atoms with Gasteiger partial charge in [0.15, 0.2) is 0 Å². The Kier molecular flexibility index (Phi) is 4.56. The summed E-state index contributed by atoms with van der Waals surface area (Å²) in [5.74, 6) is -1.10. The fraction of sp³-hybridized carbons (Fsp3) is 0.261. The standard InChI is InChI=1S/C23H21FN4O3S/c1-4-26-18-12-15(24)10-11-17(18)23(22(26)31)27(19(29)13-32-23)20-14(2)25(3)28(21(20)30)16-8-6-5-7-9-16/h5-12H,4,13H2,1-3H3. The second-order valence-electron chi connectivity index (χ2n) is 7.78. The minimum absolute atomic E-state index is 0.0409. The van der Waals surface area contributed by atoms with E-state index in [1.54, 1.807) is 43.8 Å². The molecule has 1 unspecified atom stereocenters. The SMILES string of the molecule is CCN1C(=O)C2(SCC(=O)N2c2c(C)n(C)n(-c3ccccc3)c2=O)c2ccc(F)cc21. The Labute approximate surface area is 188 Å². The molecule has 9 heteroatoms. The van der Waals surface area contributed by atoms with Crippen LogP contribution in [0.3, 0.4) is 0 Å². The van der Waals surface area contributed by atoms with Gasteiger partial charge in [-0.2, -0.15) is 0 Å². The molecule has 164 valence electrons. The van der Waals surface area contributed by atoms with E-state index < -0.39 is 16.2 Å². The van der Waals surface area contributed by atoms with E-state index in [0.717, 1.165) is 0 Å². The Hall–Kier alpha value is -3.33. The molecule has 3 heterocycles. The van der Waals surface area contributed by atoms with E-state index >= 15 is 0 Å². The number of halogens is 1. The summed E-state index contributed by atoms with van der Waals surface area (Å²) < 4.78 is 17.2. The number of anilines is 2. The minimum atomic E-state index is -1.43. The predicted octanol–water partition coefficient (Wildman–Crippen LogP) is 2.92. The summed E-state index contributed by atoms with van der Waals surface area (Å²) >= 11 is 1.17. The van der Waals surface area contributed by atoms with Crippen LogP contribution in [0, 0.1) is 12.7 Å². The highest BCUT2D eigenvalue weighted by Crippen LogP contribution is 2.55. The third-order valence-corrected chi connectivity index (χ3v) is 7.57. The largest absolute Gasteiger partial charge is 0.309 e. The number of benzene rings is 2. The highest BCUT2D eigenvalue weighted by Gasteiger charge is 2.62. The van der Waals surface area contributed by atoms with Crippen molar-refractivity contribution in [3.8, 4) is 5.69 Å². The first kappa shape index (κ1) is 20.6. The first-order valence-electron chi connectivity index (χ1n) is 10.3. The number of aromatic nitrogens is 2. The molecule has 3 aromatic rings. The second kappa shape index (κ2) is 7.09. The summed E-state index contributed by atoms with van der Waals surface area (Å²) in [6.45, 7) is 3.87. The van der Waals surface area contributed by atoms with Gasteiger partial charge in [0.1, 0.15) is 11.5 Å². The molecule has 2 aliphatic rings. The molecule has 7 nitrogen and oxygen atoms in total. The molecule has 1 atom stereocenters.